The van der Waals surface area contributed by atoms with Crippen molar-refractivity contribution in [3.8, 4) is 0 Å². The third-order valence-electron chi connectivity index (χ3n) is 3.20. The van der Waals surface area contributed by atoms with Crippen LogP contribution in [0.5, 0.6) is 0 Å². The highest BCUT2D eigenvalue weighted by atomic mass is 16.7. The van der Waals surface area contributed by atoms with Gasteiger partial charge in [0.1, 0.15) is 5.82 Å². The fourth-order valence-corrected chi connectivity index (χ4v) is 2.18. The summed E-state index contributed by atoms with van der Waals surface area (Å²) in [5.41, 5.74) is 0. The lowest BCUT2D eigenvalue weighted by atomic mass is 10.1. The molecule has 1 aliphatic rings. The molecule has 2 heterocycles. The molecule has 5 heteroatoms. The Balaban J connectivity index is 1.89. The molecule has 0 bridgehead atoms. The van der Waals surface area contributed by atoms with E-state index in [-0.39, 0.29) is 6.29 Å². The van der Waals surface area contributed by atoms with Crippen LogP contribution in [0.2, 0.25) is 0 Å². The van der Waals surface area contributed by atoms with Crippen molar-refractivity contribution < 1.29 is 9.47 Å². The van der Waals surface area contributed by atoms with Crippen molar-refractivity contribution in [2.75, 3.05) is 19.8 Å². The molecule has 1 aromatic heterocycles. The van der Waals surface area contributed by atoms with Crippen LogP contribution in [0.4, 0.5) is 0 Å². The first kappa shape index (κ1) is 13.5. The maximum atomic E-state index is 5.52. The fourth-order valence-electron chi connectivity index (χ4n) is 2.18. The van der Waals surface area contributed by atoms with Gasteiger partial charge in [0.2, 0.25) is 0 Å². The molecule has 5 nitrogen and oxygen atoms in total. The van der Waals surface area contributed by atoms with E-state index in [2.05, 4.69) is 21.8 Å². The maximum absolute atomic E-state index is 5.52. The van der Waals surface area contributed by atoms with Crippen LogP contribution in [-0.4, -0.2) is 41.6 Å². The molecule has 0 spiro atoms. The van der Waals surface area contributed by atoms with E-state index in [0.717, 1.165) is 31.6 Å². The minimum Gasteiger partial charge on any atom is -0.350 e. The smallest absolute Gasteiger partial charge is 0.159 e. The zero-order valence-electron chi connectivity index (χ0n) is 11.3. The van der Waals surface area contributed by atoms with E-state index < -0.39 is 0 Å². The highest BCUT2D eigenvalue weighted by molar-refractivity contribution is 4.94. The van der Waals surface area contributed by atoms with E-state index in [4.69, 9.17) is 9.47 Å². The maximum Gasteiger partial charge on any atom is 0.159 e. The third kappa shape index (κ3) is 3.80. The van der Waals surface area contributed by atoms with Crippen molar-refractivity contribution in [1.29, 1.82) is 0 Å². The zero-order chi connectivity index (χ0) is 12.8. The van der Waals surface area contributed by atoms with E-state index in [1.807, 2.05) is 19.4 Å². The van der Waals surface area contributed by atoms with Crippen LogP contribution >= 0.6 is 0 Å². The molecule has 1 aromatic rings. The largest absolute Gasteiger partial charge is 0.350 e. The molecule has 1 saturated heterocycles. The summed E-state index contributed by atoms with van der Waals surface area (Å²) in [4.78, 5) is 4.38. The summed E-state index contributed by atoms with van der Waals surface area (Å²) < 4.78 is 13.1. The number of imidazole rings is 1. The fraction of sp³-hybridized carbons (Fsp3) is 0.769. The van der Waals surface area contributed by atoms with Crippen LogP contribution in [-0.2, 0) is 22.9 Å². The van der Waals surface area contributed by atoms with Crippen LogP contribution in [0.3, 0.4) is 0 Å². The quantitative estimate of drug-likeness (QED) is 0.790. The Morgan fingerprint density at radius 3 is 2.89 bits per heavy atom. The molecule has 102 valence electrons. The van der Waals surface area contributed by atoms with Gasteiger partial charge in [0, 0.05) is 38.3 Å². The number of rotatable bonds is 7. The number of nitrogens with zero attached hydrogens (tertiary/aromatic N) is 2. The molecule has 1 fully saturated rings. The second-order valence-electron chi connectivity index (χ2n) is 4.72. The summed E-state index contributed by atoms with van der Waals surface area (Å²) in [6, 6.07) is 0.356. The minimum atomic E-state index is -0.0559. The van der Waals surface area contributed by atoms with Gasteiger partial charge < -0.3 is 19.4 Å². The standard InChI is InChI=1S/C13H23N3O2/c1-3-4-14-11(10-13-17-7-8-18-13)9-12-15-5-6-16(12)2/h5-6,11,13-14H,3-4,7-10H2,1-2H3. The lowest BCUT2D eigenvalue weighted by Crippen LogP contribution is -2.36. The number of ether oxygens (including phenoxy) is 2. The number of hydrogen-bond acceptors (Lipinski definition) is 4. The van der Waals surface area contributed by atoms with Gasteiger partial charge in [-0.25, -0.2) is 4.98 Å². The Labute approximate surface area is 108 Å². The van der Waals surface area contributed by atoms with E-state index in [1.165, 1.54) is 0 Å². The van der Waals surface area contributed by atoms with Gasteiger partial charge in [-0.1, -0.05) is 6.92 Å². The molecular formula is C13H23N3O2. The molecule has 0 aliphatic carbocycles. The van der Waals surface area contributed by atoms with Gasteiger partial charge in [-0.2, -0.15) is 0 Å². The van der Waals surface area contributed by atoms with Gasteiger partial charge in [-0.15, -0.1) is 0 Å². The third-order valence-corrected chi connectivity index (χ3v) is 3.20. The molecule has 1 atom stereocenters. The first-order valence-electron chi connectivity index (χ1n) is 6.72. The Kier molecular flexibility index (Phi) is 5.16. The second kappa shape index (κ2) is 6.87. The van der Waals surface area contributed by atoms with Gasteiger partial charge in [-0.3, -0.25) is 0 Å². The summed E-state index contributed by atoms with van der Waals surface area (Å²) in [5.74, 6) is 1.10. The average molecular weight is 253 g/mol. The van der Waals surface area contributed by atoms with Crippen LogP contribution in [0.15, 0.2) is 12.4 Å². The van der Waals surface area contributed by atoms with Crippen LogP contribution in [0, 0.1) is 0 Å². The molecule has 18 heavy (non-hydrogen) atoms. The lowest BCUT2D eigenvalue weighted by Gasteiger charge is -2.21. The van der Waals surface area contributed by atoms with E-state index >= 15 is 0 Å². The van der Waals surface area contributed by atoms with Crippen molar-refractivity contribution in [1.82, 2.24) is 14.9 Å². The summed E-state index contributed by atoms with van der Waals surface area (Å²) in [7, 11) is 2.03. The molecule has 0 radical (unpaired) electrons. The van der Waals surface area contributed by atoms with Gasteiger partial charge in [-0.05, 0) is 13.0 Å². The van der Waals surface area contributed by atoms with Crippen molar-refractivity contribution in [2.45, 2.75) is 38.5 Å². The zero-order valence-corrected chi connectivity index (χ0v) is 11.3. The van der Waals surface area contributed by atoms with Crippen molar-refractivity contribution in [3.63, 3.8) is 0 Å². The number of hydrogen-bond donors (Lipinski definition) is 1. The summed E-state index contributed by atoms with van der Waals surface area (Å²) in [6.07, 6.45) is 6.69. The summed E-state index contributed by atoms with van der Waals surface area (Å²) >= 11 is 0. The van der Waals surface area contributed by atoms with E-state index in [1.54, 1.807) is 0 Å². The van der Waals surface area contributed by atoms with Crippen molar-refractivity contribution in [2.24, 2.45) is 7.05 Å². The average Bonchev–Trinajstić information content (AvgIpc) is 2.99. The molecule has 0 saturated carbocycles. The van der Waals surface area contributed by atoms with Gasteiger partial charge >= 0.3 is 0 Å². The molecule has 1 N–H and O–H groups in total. The summed E-state index contributed by atoms with van der Waals surface area (Å²) in [6.45, 7) is 4.62. The van der Waals surface area contributed by atoms with Crippen molar-refractivity contribution in [3.05, 3.63) is 18.2 Å². The Bertz CT molecular complexity index is 348. The van der Waals surface area contributed by atoms with Crippen LogP contribution < -0.4 is 5.32 Å². The highest BCUT2D eigenvalue weighted by Gasteiger charge is 2.22. The van der Waals surface area contributed by atoms with E-state index in [0.29, 0.717) is 19.3 Å². The SMILES string of the molecule is CCCNC(Cc1nccn1C)CC1OCCO1. The van der Waals surface area contributed by atoms with Gasteiger partial charge in [0.15, 0.2) is 6.29 Å². The lowest BCUT2D eigenvalue weighted by molar-refractivity contribution is -0.0527. The highest BCUT2D eigenvalue weighted by Crippen LogP contribution is 2.13. The predicted molar refractivity (Wildman–Crippen MR) is 69.3 cm³/mol. The summed E-state index contributed by atoms with van der Waals surface area (Å²) in [5, 5.41) is 3.55. The molecule has 1 unspecified atom stereocenters. The first-order valence-corrected chi connectivity index (χ1v) is 6.72. The Morgan fingerprint density at radius 2 is 2.28 bits per heavy atom. The molecular weight excluding hydrogens is 230 g/mol. The van der Waals surface area contributed by atoms with Crippen LogP contribution in [0.25, 0.3) is 0 Å². The molecule has 0 amide bonds. The van der Waals surface area contributed by atoms with Crippen molar-refractivity contribution >= 4 is 0 Å². The molecule has 1 aliphatic heterocycles. The van der Waals surface area contributed by atoms with E-state index in [9.17, 15) is 0 Å². The molecule has 0 aromatic carbocycles. The Morgan fingerprint density at radius 1 is 1.50 bits per heavy atom. The monoisotopic (exact) mass is 253 g/mol. The molecule has 2 rings (SSSR count). The topological polar surface area (TPSA) is 48.3 Å². The number of nitrogens with one attached hydrogen (secondary N) is 1. The number of aryl methyl sites for hydroxylation is 1. The Hall–Kier alpha value is -0.910. The second-order valence-corrected chi connectivity index (χ2v) is 4.72. The number of aromatic nitrogens is 2. The first-order chi connectivity index (χ1) is 8.79. The minimum absolute atomic E-state index is 0.0559. The predicted octanol–water partition coefficient (Wildman–Crippen LogP) is 1.09. The normalized spacial score (nSPS) is 18.3. The van der Waals surface area contributed by atoms with Gasteiger partial charge in [0.05, 0.1) is 13.2 Å². The van der Waals surface area contributed by atoms with Gasteiger partial charge in [0.25, 0.3) is 0 Å². The van der Waals surface area contributed by atoms with Crippen LogP contribution in [0.1, 0.15) is 25.6 Å².